The normalized spacial score (nSPS) is 14.3. The first kappa shape index (κ1) is 26.5. The molecule has 3 aromatic rings. The van der Waals surface area contributed by atoms with Crippen LogP contribution in [0.1, 0.15) is 11.1 Å². The topological polar surface area (TPSA) is 110 Å². The molecule has 0 radical (unpaired) electrons. The second-order valence-electron chi connectivity index (χ2n) is 7.95. The number of carbonyl (C=O) groups excluding carboxylic acids is 3. The third-order valence-electron chi connectivity index (χ3n) is 5.26. The van der Waals surface area contributed by atoms with Crippen molar-refractivity contribution in [3.8, 4) is 0 Å². The van der Waals surface area contributed by atoms with Gasteiger partial charge in [0.05, 0.1) is 14.7 Å². The summed E-state index contributed by atoms with van der Waals surface area (Å²) >= 11 is 3.49. The molecule has 1 aliphatic heterocycles. The first-order valence-electron chi connectivity index (χ1n) is 11.0. The highest BCUT2D eigenvalue weighted by atomic mass is 32.2. The van der Waals surface area contributed by atoms with Crippen molar-refractivity contribution in [1.29, 1.82) is 0 Å². The van der Waals surface area contributed by atoms with Crippen LogP contribution in [0, 0.1) is 17.0 Å². The molecule has 0 aromatic heterocycles. The molecular weight excluding hydrogens is 531 g/mol. The quantitative estimate of drug-likeness (QED) is 0.147. The van der Waals surface area contributed by atoms with Crippen LogP contribution in [-0.2, 0) is 9.59 Å². The molecule has 0 unspecified atom stereocenters. The van der Waals surface area contributed by atoms with Crippen LogP contribution in [0.4, 0.5) is 16.2 Å². The Morgan fingerprint density at radius 3 is 2.54 bits per heavy atom. The third-order valence-corrected chi connectivity index (χ3v) is 7.96. The molecule has 0 saturated carbocycles. The van der Waals surface area contributed by atoms with E-state index in [2.05, 4.69) is 5.32 Å². The Balaban J connectivity index is 1.48. The Bertz CT molecular complexity index is 1420. The molecule has 8 nitrogen and oxygen atoms in total. The van der Waals surface area contributed by atoms with Gasteiger partial charge in [-0.3, -0.25) is 29.4 Å². The summed E-state index contributed by atoms with van der Waals surface area (Å²) in [5, 5.41) is 13.8. The van der Waals surface area contributed by atoms with E-state index in [1.165, 1.54) is 35.7 Å². The van der Waals surface area contributed by atoms with E-state index in [9.17, 15) is 24.5 Å². The molecule has 1 aliphatic rings. The average Bonchev–Trinajstić information content (AvgIpc) is 3.13. The molecule has 4 rings (SSSR count). The standard InChI is InChI=1S/C26H21N3O5S3/c1-16-6-9-19(10-7-16)36-22-11-8-17(12-21(22)29(33)34)13-23-25(31)28(26(32)37-23)15-24(30)27-18-4-3-5-20(14-18)35-2/h3-14H,15H2,1-2H3,(H,27,30). The number of nitrogens with zero attached hydrogens (tertiary/aromatic N) is 2. The van der Waals surface area contributed by atoms with Gasteiger partial charge < -0.3 is 5.32 Å². The van der Waals surface area contributed by atoms with E-state index in [0.717, 1.165) is 20.3 Å². The lowest BCUT2D eigenvalue weighted by atomic mass is 10.2. The number of imide groups is 1. The van der Waals surface area contributed by atoms with E-state index in [1.807, 2.05) is 43.5 Å². The zero-order chi connectivity index (χ0) is 26.5. The van der Waals surface area contributed by atoms with E-state index in [-0.39, 0.29) is 10.6 Å². The Morgan fingerprint density at radius 1 is 1.08 bits per heavy atom. The summed E-state index contributed by atoms with van der Waals surface area (Å²) in [6.07, 6.45) is 3.34. The third kappa shape index (κ3) is 6.62. The summed E-state index contributed by atoms with van der Waals surface area (Å²) in [7, 11) is 0. The molecule has 1 saturated heterocycles. The van der Waals surface area contributed by atoms with Crippen molar-refractivity contribution in [2.24, 2.45) is 0 Å². The van der Waals surface area contributed by atoms with Crippen LogP contribution >= 0.6 is 35.3 Å². The van der Waals surface area contributed by atoms with Gasteiger partial charge in [0, 0.05) is 21.5 Å². The smallest absolute Gasteiger partial charge is 0.294 e. The highest BCUT2D eigenvalue weighted by Gasteiger charge is 2.36. The van der Waals surface area contributed by atoms with Crippen molar-refractivity contribution in [2.75, 3.05) is 18.1 Å². The number of carbonyl (C=O) groups is 3. The lowest BCUT2D eigenvalue weighted by Crippen LogP contribution is -2.36. The minimum Gasteiger partial charge on any atom is -0.324 e. The summed E-state index contributed by atoms with van der Waals surface area (Å²) in [6.45, 7) is 1.53. The van der Waals surface area contributed by atoms with Crippen LogP contribution in [0.15, 0.2) is 86.3 Å². The SMILES string of the molecule is CSc1cccc(NC(=O)CN2C(=O)SC(=Cc3ccc(Sc4ccc(C)cc4)c([N+](=O)[O-])c3)C2=O)c1. The molecular formula is C26H21N3O5S3. The summed E-state index contributed by atoms with van der Waals surface area (Å²) in [5.74, 6) is -1.13. The Labute approximate surface area is 226 Å². The van der Waals surface area contributed by atoms with Crippen molar-refractivity contribution in [1.82, 2.24) is 4.90 Å². The van der Waals surface area contributed by atoms with Crippen LogP contribution in [-0.4, -0.2) is 39.7 Å². The second-order valence-corrected chi connectivity index (χ2v) is 10.9. The molecule has 188 valence electrons. The highest BCUT2D eigenvalue weighted by Crippen LogP contribution is 2.37. The lowest BCUT2D eigenvalue weighted by molar-refractivity contribution is -0.387. The van der Waals surface area contributed by atoms with Crippen molar-refractivity contribution in [3.05, 3.63) is 92.9 Å². The van der Waals surface area contributed by atoms with E-state index < -0.39 is 28.5 Å². The number of nitro benzene ring substituents is 1. The molecule has 11 heteroatoms. The van der Waals surface area contributed by atoms with Gasteiger partial charge in [-0.05, 0) is 73.0 Å². The maximum atomic E-state index is 12.9. The number of amides is 3. The maximum absolute atomic E-state index is 12.9. The van der Waals surface area contributed by atoms with Crippen molar-refractivity contribution >= 4 is 69.8 Å². The van der Waals surface area contributed by atoms with Crippen LogP contribution in [0.5, 0.6) is 0 Å². The number of thioether (sulfide) groups is 2. The van der Waals surface area contributed by atoms with Gasteiger partial charge in [-0.2, -0.15) is 0 Å². The largest absolute Gasteiger partial charge is 0.324 e. The van der Waals surface area contributed by atoms with E-state index in [0.29, 0.717) is 27.9 Å². The molecule has 0 spiro atoms. The molecule has 3 amide bonds. The summed E-state index contributed by atoms with van der Waals surface area (Å²) in [6, 6.07) is 19.5. The molecule has 1 fully saturated rings. The van der Waals surface area contributed by atoms with Crippen LogP contribution < -0.4 is 5.32 Å². The van der Waals surface area contributed by atoms with Gasteiger partial charge in [-0.15, -0.1) is 11.8 Å². The minimum absolute atomic E-state index is 0.0930. The van der Waals surface area contributed by atoms with Crippen LogP contribution in [0.25, 0.3) is 6.08 Å². The van der Waals surface area contributed by atoms with Gasteiger partial charge in [-0.1, -0.05) is 41.6 Å². The Hall–Kier alpha value is -3.54. The number of hydrogen-bond acceptors (Lipinski definition) is 8. The predicted octanol–water partition coefficient (Wildman–Crippen LogP) is 6.45. The molecule has 0 aliphatic carbocycles. The molecule has 3 aromatic carbocycles. The Kier molecular flexibility index (Phi) is 8.37. The Morgan fingerprint density at radius 2 is 1.84 bits per heavy atom. The number of aryl methyl sites for hydroxylation is 1. The summed E-state index contributed by atoms with van der Waals surface area (Å²) in [4.78, 5) is 52.3. The number of hydrogen-bond donors (Lipinski definition) is 1. The van der Waals surface area contributed by atoms with Gasteiger partial charge in [0.1, 0.15) is 6.54 Å². The molecule has 37 heavy (non-hydrogen) atoms. The zero-order valence-electron chi connectivity index (χ0n) is 19.8. The second kappa shape index (κ2) is 11.7. The fourth-order valence-corrected chi connectivity index (χ4v) is 5.62. The number of nitrogens with one attached hydrogen (secondary N) is 1. The fourth-order valence-electron chi connectivity index (χ4n) is 3.42. The highest BCUT2D eigenvalue weighted by molar-refractivity contribution is 8.18. The van der Waals surface area contributed by atoms with Gasteiger partial charge in [0.15, 0.2) is 0 Å². The van der Waals surface area contributed by atoms with Crippen molar-refractivity contribution < 1.29 is 19.3 Å². The first-order valence-corrected chi connectivity index (χ1v) is 13.8. The zero-order valence-corrected chi connectivity index (χ0v) is 22.2. The molecule has 1 heterocycles. The first-order chi connectivity index (χ1) is 17.7. The van der Waals surface area contributed by atoms with Crippen molar-refractivity contribution in [3.63, 3.8) is 0 Å². The molecule has 0 bridgehead atoms. The predicted molar refractivity (Wildman–Crippen MR) is 148 cm³/mol. The van der Waals surface area contributed by atoms with Gasteiger partial charge in [0.25, 0.3) is 16.8 Å². The monoisotopic (exact) mass is 551 g/mol. The summed E-state index contributed by atoms with van der Waals surface area (Å²) in [5.41, 5.74) is 1.95. The van der Waals surface area contributed by atoms with Gasteiger partial charge >= 0.3 is 0 Å². The van der Waals surface area contributed by atoms with E-state index in [1.54, 1.807) is 30.3 Å². The maximum Gasteiger partial charge on any atom is 0.294 e. The molecule has 1 N–H and O–H groups in total. The average molecular weight is 552 g/mol. The number of rotatable bonds is 8. The van der Waals surface area contributed by atoms with Gasteiger partial charge in [-0.25, -0.2) is 0 Å². The minimum atomic E-state index is -0.622. The molecule has 0 atom stereocenters. The van der Waals surface area contributed by atoms with Gasteiger partial charge in [0.2, 0.25) is 5.91 Å². The number of nitro groups is 1. The van der Waals surface area contributed by atoms with E-state index in [4.69, 9.17) is 0 Å². The summed E-state index contributed by atoms with van der Waals surface area (Å²) < 4.78 is 0. The number of benzene rings is 3. The van der Waals surface area contributed by atoms with Crippen LogP contribution in [0.3, 0.4) is 0 Å². The lowest BCUT2D eigenvalue weighted by Gasteiger charge is -2.12. The van der Waals surface area contributed by atoms with Crippen molar-refractivity contribution in [2.45, 2.75) is 21.6 Å². The van der Waals surface area contributed by atoms with E-state index >= 15 is 0 Å². The van der Waals surface area contributed by atoms with Crippen LogP contribution in [0.2, 0.25) is 0 Å². The number of anilines is 1. The fraction of sp³-hybridized carbons (Fsp3) is 0.115.